The van der Waals surface area contributed by atoms with Gasteiger partial charge in [-0.1, -0.05) is 31.4 Å². The number of rotatable bonds is 4. The van der Waals surface area contributed by atoms with Crippen molar-refractivity contribution in [2.75, 3.05) is 7.05 Å². The smallest absolute Gasteiger partial charge is 0.246 e. The maximum atomic E-state index is 13.5. The molecule has 152 valence electrons. The van der Waals surface area contributed by atoms with Gasteiger partial charge in [-0.3, -0.25) is 14.4 Å². The quantitative estimate of drug-likeness (QED) is 0.701. The van der Waals surface area contributed by atoms with Crippen molar-refractivity contribution >= 4 is 17.7 Å². The van der Waals surface area contributed by atoms with E-state index in [9.17, 15) is 14.4 Å². The van der Waals surface area contributed by atoms with E-state index < -0.39 is 29.1 Å². The number of nitrogens with zero attached hydrogens (tertiary/aromatic N) is 1. The number of amides is 3. The van der Waals surface area contributed by atoms with Gasteiger partial charge in [0.1, 0.15) is 11.6 Å². The largest absolute Gasteiger partial charge is 0.359 e. The Balaban J connectivity index is 1.51. The molecule has 5 aliphatic rings. The summed E-state index contributed by atoms with van der Waals surface area (Å²) in [5.74, 6) is -1.67. The first kappa shape index (κ1) is 18.2. The number of likely N-dealkylation sites (tertiary alicyclic amines) is 1. The summed E-state index contributed by atoms with van der Waals surface area (Å²) >= 11 is 0. The highest BCUT2D eigenvalue weighted by Crippen LogP contribution is 2.60. The summed E-state index contributed by atoms with van der Waals surface area (Å²) in [6, 6.07) is -0.434. The Hall–Kier alpha value is -1.89. The normalized spacial score (nSPS) is 42.0. The van der Waals surface area contributed by atoms with Crippen LogP contribution in [-0.4, -0.2) is 59.0 Å². The molecule has 0 radical (unpaired) electrons. The molecular formula is C21H29N3O4. The maximum absolute atomic E-state index is 13.5. The van der Waals surface area contributed by atoms with Crippen molar-refractivity contribution in [3.05, 3.63) is 12.2 Å². The third-order valence-corrected chi connectivity index (χ3v) is 7.40. The molecule has 2 bridgehead atoms. The average Bonchev–Trinajstić information content (AvgIpc) is 3.35. The van der Waals surface area contributed by atoms with Crippen molar-refractivity contribution in [1.29, 1.82) is 0 Å². The summed E-state index contributed by atoms with van der Waals surface area (Å²) in [6.07, 6.45) is 11.0. The molecular weight excluding hydrogens is 358 g/mol. The highest BCUT2D eigenvalue weighted by molar-refractivity contribution is 6.00. The first-order valence-corrected chi connectivity index (χ1v) is 10.7. The first-order chi connectivity index (χ1) is 13.4. The number of carbonyl (C=O) groups excluding carboxylic acids is 3. The van der Waals surface area contributed by atoms with Crippen molar-refractivity contribution in [2.45, 2.75) is 81.2 Å². The third-order valence-electron chi connectivity index (χ3n) is 7.40. The molecule has 1 spiro atoms. The zero-order valence-corrected chi connectivity index (χ0v) is 16.6. The second-order valence-corrected chi connectivity index (χ2v) is 9.27. The molecule has 2 saturated carbocycles. The molecule has 3 amide bonds. The Labute approximate surface area is 165 Å². The number of carbonyl (C=O) groups is 3. The van der Waals surface area contributed by atoms with Gasteiger partial charge in [0.25, 0.3) is 0 Å². The molecule has 4 fully saturated rings. The Kier molecular flexibility index (Phi) is 3.92. The van der Waals surface area contributed by atoms with Crippen LogP contribution in [0.1, 0.15) is 51.9 Å². The van der Waals surface area contributed by atoms with E-state index in [4.69, 9.17) is 4.74 Å². The van der Waals surface area contributed by atoms with Crippen LogP contribution in [0.25, 0.3) is 0 Å². The van der Waals surface area contributed by atoms with Crippen LogP contribution in [0.3, 0.4) is 0 Å². The molecule has 2 aliphatic carbocycles. The predicted octanol–water partition coefficient (Wildman–Crippen LogP) is 0.884. The van der Waals surface area contributed by atoms with E-state index in [1.807, 2.05) is 19.1 Å². The van der Waals surface area contributed by atoms with Crippen LogP contribution in [0.4, 0.5) is 0 Å². The number of hydrogen-bond donors (Lipinski definition) is 2. The standard InChI is InChI=1S/C21H29N3O4/c1-20-10-11-21(28-20)15(14(20)17(25)22-2)19(27)24(13-8-9-13)16(21)18(26)23-12-6-4-3-5-7-12/h10-16H,3-9H2,1-2H3,(H,22,25)(H,23,26). The molecule has 2 saturated heterocycles. The van der Waals surface area contributed by atoms with E-state index in [0.717, 1.165) is 38.5 Å². The molecule has 3 aliphatic heterocycles. The van der Waals surface area contributed by atoms with E-state index >= 15 is 0 Å². The van der Waals surface area contributed by atoms with Gasteiger partial charge in [0.05, 0.1) is 17.4 Å². The Bertz CT molecular complexity index is 757. The lowest BCUT2D eigenvalue weighted by molar-refractivity contribution is -0.145. The van der Waals surface area contributed by atoms with E-state index in [1.165, 1.54) is 6.42 Å². The maximum Gasteiger partial charge on any atom is 0.246 e. The van der Waals surface area contributed by atoms with Gasteiger partial charge in [0.15, 0.2) is 0 Å². The van der Waals surface area contributed by atoms with Crippen LogP contribution in [0.5, 0.6) is 0 Å². The van der Waals surface area contributed by atoms with Crippen molar-refractivity contribution in [3.8, 4) is 0 Å². The zero-order valence-electron chi connectivity index (χ0n) is 16.6. The van der Waals surface area contributed by atoms with Crippen molar-refractivity contribution in [2.24, 2.45) is 11.8 Å². The third kappa shape index (κ3) is 2.34. The van der Waals surface area contributed by atoms with Gasteiger partial charge in [-0.05, 0) is 32.6 Å². The number of fused-ring (bicyclic) bond motifs is 1. The van der Waals surface area contributed by atoms with Crippen molar-refractivity contribution in [1.82, 2.24) is 15.5 Å². The van der Waals surface area contributed by atoms with Crippen LogP contribution >= 0.6 is 0 Å². The number of nitrogens with one attached hydrogen (secondary N) is 2. The average molecular weight is 387 g/mol. The van der Waals surface area contributed by atoms with Gasteiger partial charge < -0.3 is 20.3 Å². The van der Waals surface area contributed by atoms with Gasteiger partial charge >= 0.3 is 0 Å². The minimum Gasteiger partial charge on any atom is -0.359 e. The molecule has 3 heterocycles. The molecule has 5 unspecified atom stereocenters. The minimum atomic E-state index is -1.04. The van der Waals surface area contributed by atoms with Gasteiger partial charge in [0, 0.05) is 19.1 Å². The van der Waals surface area contributed by atoms with E-state index in [-0.39, 0.29) is 29.8 Å². The van der Waals surface area contributed by atoms with Crippen LogP contribution in [0, 0.1) is 11.8 Å². The summed E-state index contributed by atoms with van der Waals surface area (Å²) < 4.78 is 6.41. The molecule has 0 aromatic carbocycles. The molecule has 5 rings (SSSR count). The molecule has 7 heteroatoms. The van der Waals surface area contributed by atoms with Gasteiger partial charge in [0.2, 0.25) is 17.7 Å². The zero-order chi connectivity index (χ0) is 19.7. The summed E-state index contributed by atoms with van der Waals surface area (Å²) in [6.45, 7) is 1.85. The lowest BCUT2D eigenvalue weighted by Crippen LogP contribution is -2.57. The fourth-order valence-corrected chi connectivity index (χ4v) is 6.00. The molecule has 28 heavy (non-hydrogen) atoms. The Morgan fingerprint density at radius 2 is 1.82 bits per heavy atom. The second-order valence-electron chi connectivity index (χ2n) is 9.27. The Morgan fingerprint density at radius 1 is 1.11 bits per heavy atom. The van der Waals surface area contributed by atoms with Gasteiger partial charge in [-0.25, -0.2) is 0 Å². The second kappa shape index (κ2) is 6.05. The first-order valence-electron chi connectivity index (χ1n) is 10.7. The Morgan fingerprint density at radius 3 is 2.46 bits per heavy atom. The summed E-state index contributed by atoms with van der Waals surface area (Å²) in [4.78, 5) is 41.4. The summed E-state index contributed by atoms with van der Waals surface area (Å²) in [7, 11) is 1.58. The number of ether oxygens (including phenoxy) is 1. The van der Waals surface area contributed by atoms with Crippen LogP contribution < -0.4 is 10.6 Å². The molecule has 7 nitrogen and oxygen atoms in total. The number of hydrogen-bond acceptors (Lipinski definition) is 4. The van der Waals surface area contributed by atoms with Gasteiger partial charge in [-0.2, -0.15) is 0 Å². The minimum absolute atomic E-state index is 0.0868. The monoisotopic (exact) mass is 387 g/mol. The lowest BCUT2D eigenvalue weighted by atomic mass is 9.70. The van der Waals surface area contributed by atoms with Crippen LogP contribution in [-0.2, 0) is 19.1 Å². The van der Waals surface area contributed by atoms with E-state index in [0.29, 0.717) is 0 Å². The molecule has 2 N–H and O–H groups in total. The fraction of sp³-hybridized carbons (Fsp3) is 0.762. The summed E-state index contributed by atoms with van der Waals surface area (Å²) in [5.41, 5.74) is -1.89. The highest BCUT2D eigenvalue weighted by Gasteiger charge is 2.77. The SMILES string of the molecule is CNC(=O)C1C2C(=O)N(C3CC3)C(C(=O)NC3CCCCC3)C23C=CC1(C)O3. The van der Waals surface area contributed by atoms with E-state index in [2.05, 4.69) is 10.6 Å². The van der Waals surface area contributed by atoms with Crippen LogP contribution in [0.15, 0.2) is 12.2 Å². The fourth-order valence-electron chi connectivity index (χ4n) is 6.00. The molecule has 0 aromatic heterocycles. The summed E-state index contributed by atoms with van der Waals surface area (Å²) in [5, 5.41) is 5.90. The topological polar surface area (TPSA) is 87.7 Å². The lowest BCUT2D eigenvalue weighted by Gasteiger charge is -2.34. The van der Waals surface area contributed by atoms with Gasteiger partial charge in [-0.15, -0.1) is 0 Å². The molecule has 5 atom stereocenters. The van der Waals surface area contributed by atoms with Crippen molar-refractivity contribution < 1.29 is 19.1 Å². The predicted molar refractivity (Wildman–Crippen MR) is 101 cm³/mol. The van der Waals surface area contributed by atoms with Crippen LogP contribution in [0.2, 0.25) is 0 Å². The van der Waals surface area contributed by atoms with E-state index in [1.54, 1.807) is 11.9 Å². The van der Waals surface area contributed by atoms with Crippen molar-refractivity contribution in [3.63, 3.8) is 0 Å². The molecule has 0 aromatic rings. The highest BCUT2D eigenvalue weighted by atomic mass is 16.5.